The summed E-state index contributed by atoms with van der Waals surface area (Å²) in [5.41, 5.74) is 1.71. The molecule has 0 fully saturated rings. The number of halogens is 3. The lowest BCUT2D eigenvalue weighted by molar-refractivity contribution is -0.0498. The van der Waals surface area contributed by atoms with E-state index in [0.717, 1.165) is 11.1 Å². The molecule has 0 aliphatic rings. The smallest absolute Gasteiger partial charge is 0.387 e. The van der Waals surface area contributed by atoms with E-state index in [1.807, 2.05) is 18.2 Å². The first kappa shape index (κ1) is 22.7. The molecule has 0 radical (unpaired) electrons. The second kappa shape index (κ2) is 11.4. The van der Waals surface area contributed by atoms with Gasteiger partial charge in [-0.1, -0.05) is 42.5 Å². The molecule has 2 N–H and O–H groups in total. The van der Waals surface area contributed by atoms with Crippen molar-refractivity contribution in [3.63, 3.8) is 0 Å². The van der Waals surface area contributed by atoms with Crippen LogP contribution in [0.1, 0.15) is 17.2 Å². The van der Waals surface area contributed by atoms with E-state index in [-0.39, 0.29) is 30.8 Å². The van der Waals surface area contributed by atoms with Crippen molar-refractivity contribution in [2.45, 2.75) is 25.2 Å². The molecule has 0 bridgehead atoms. The molecule has 2 atom stereocenters. The third kappa shape index (κ3) is 7.62. The first-order valence-corrected chi connectivity index (χ1v) is 9.88. The van der Waals surface area contributed by atoms with Gasteiger partial charge in [-0.3, -0.25) is 0 Å². The lowest BCUT2D eigenvalue weighted by atomic mass is 9.98. The van der Waals surface area contributed by atoms with Crippen molar-refractivity contribution >= 4 is 0 Å². The van der Waals surface area contributed by atoms with Gasteiger partial charge in [-0.15, -0.1) is 0 Å². The summed E-state index contributed by atoms with van der Waals surface area (Å²) < 4.78 is 48.0. The lowest BCUT2D eigenvalue weighted by Crippen LogP contribution is -2.34. The van der Waals surface area contributed by atoms with E-state index >= 15 is 0 Å². The molecule has 0 heterocycles. The van der Waals surface area contributed by atoms with E-state index in [9.17, 15) is 18.3 Å². The Morgan fingerprint density at radius 3 is 2.16 bits per heavy atom. The second-order valence-electron chi connectivity index (χ2n) is 7.02. The van der Waals surface area contributed by atoms with E-state index in [1.54, 1.807) is 36.4 Å². The topological polar surface area (TPSA) is 50.7 Å². The number of rotatable bonds is 11. The Morgan fingerprint density at radius 2 is 1.52 bits per heavy atom. The van der Waals surface area contributed by atoms with Gasteiger partial charge in [0, 0.05) is 12.6 Å². The van der Waals surface area contributed by atoms with Gasteiger partial charge >= 0.3 is 6.61 Å². The van der Waals surface area contributed by atoms with Gasteiger partial charge in [0.2, 0.25) is 0 Å². The van der Waals surface area contributed by atoms with Gasteiger partial charge in [-0.2, -0.15) is 8.78 Å². The van der Waals surface area contributed by atoms with Crippen LogP contribution in [-0.2, 0) is 6.42 Å². The van der Waals surface area contributed by atoms with Crippen LogP contribution in [0.3, 0.4) is 0 Å². The molecule has 7 heteroatoms. The van der Waals surface area contributed by atoms with Crippen LogP contribution in [0.15, 0.2) is 78.9 Å². The molecule has 0 aliphatic heterocycles. The SMILES string of the molecule is O[C@@H](CNC(Cc1ccc(F)cc1)c1ccc(OC(F)F)cc1)COc1ccccc1. The minimum atomic E-state index is -2.89. The molecule has 3 aromatic carbocycles. The molecule has 0 aromatic heterocycles. The molecule has 3 rings (SSSR count). The zero-order valence-electron chi connectivity index (χ0n) is 16.8. The number of hydrogen-bond acceptors (Lipinski definition) is 4. The third-order valence-corrected chi connectivity index (χ3v) is 4.65. The highest BCUT2D eigenvalue weighted by atomic mass is 19.3. The van der Waals surface area contributed by atoms with Gasteiger partial charge in [0.25, 0.3) is 0 Å². The number of para-hydroxylation sites is 1. The van der Waals surface area contributed by atoms with Gasteiger partial charge in [0.15, 0.2) is 0 Å². The summed E-state index contributed by atoms with van der Waals surface area (Å²) in [5.74, 6) is 0.407. The molecule has 3 aromatic rings. The maximum atomic E-state index is 13.2. The molecule has 31 heavy (non-hydrogen) atoms. The zero-order valence-corrected chi connectivity index (χ0v) is 16.8. The van der Waals surface area contributed by atoms with Gasteiger partial charge in [0.05, 0.1) is 0 Å². The Bertz CT molecular complexity index is 906. The number of aliphatic hydroxyl groups excluding tert-OH is 1. The van der Waals surface area contributed by atoms with Crippen LogP contribution in [0.25, 0.3) is 0 Å². The van der Waals surface area contributed by atoms with Gasteiger partial charge < -0.3 is 19.9 Å². The van der Waals surface area contributed by atoms with Crippen molar-refractivity contribution in [3.8, 4) is 11.5 Å². The van der Waals surface area contributed by atoms with E-state index in [1.165, 1.54) is 24.3 Å². The fourth-order valence-corrected chi connectivity index (χ4v) is 3.09. The average Bonchev–Trinajstić information content (AvgIpc) is 2.77. The highest BCUT2D eigenvalue weighted by Gasteiger charge is 2.16. The molecule has 164 valence electrons. The Labute approximate surface area is 179 Å². The highest BCUT2D eigenvalue weighted by Crippen LogP contribution is 2.23. The van der Waals surface area contributed by atoms with Crippen molar-refractivity contribution in [1.29, 1.82) is 0 Å². The zero-order chi connectivity index (χ0) is 22.1. The van der Waals surface area contributed by atoms with Crippen molar-refractivity contribution in [1.82, 2.24) is 5.32 Å². The quantitative estimate of drug-likeness (QED) is 0.461. The lowest BCUT2D eigenvalue weighted by Gasteiger charge is -2.22. The normalized spacial score (nSPS) is 13.1. The van der Waals surface area contributed by atoms with Crippen LogP contribution in [0.5, 0.6) is 11.5 Å². The van der Waals surface area contributed by atoms with Crippen LogP contribution >= 0.6 is 0 Å². The summed E-state index contributed by atoms with van der Waals surface area (Å²) in [6.45, 7) is -2.53. The summed E-state index contributed by atoms with van der Waals surface area (Å²) >= 11 is 0. The van der Waals surface area contributed by atoms with Crippen LogP contribution in [0, 0.1) is 5.82 Å². The highest BCUT2D eigenvalue weighted by molar-refractivity contribution is 5.31. The van der Waals surface area contributed by atoms with Gasteiger partial charge in [-0.05, 0) is 53.9 Å². The fourth-order valence-electron chi connectivity index (χ4n) is 3.09. The molecular formula is C24H24F3NO3. The van der Waals surface area contributed by atoms with E-state index in [0.29, 0.717) is 12.2 Å². The first-order chi connectivity index (χ1) is 15.0. The van der Waals surface area contributed by atoms with Crippen LogP contribution in [0.4, 0.5) is 13.2 Å². The molecular weight excluding hydrogens is 407 g/mol. The predicted octanol–water partition coefficient (Wildman–Crippen LogP) is 4.74. The largest absolute Gasteiger partial charge is 0.491 e. The average molecular weight is 431 g/mol. The molecule has 0 spiro atoms. The second-order valence-corrected chi connectivity index (χ2v) is 7.02. The van der Waals surface area contributed by atoms with Crippen LogP contribution in [0.2, 0.25) is 0 Å². The van der Waals surface area contributed by atoms with Crippen molar-refractivity contribution < 1.29 is 27.8 Å². The summed E-state index contributed by atoms with van der Waals surface area (Å²) in [6.07, 6.45) is -0.251. The summed E-state index contributed by atoms with van der Waals surface area (Å²) in [6, 6.07) is 21.4. The maximum Gasteiger partial charge on any atom is 0.387 e. The maximum absolute atomic E-state index is 13.2. The minimum absolute atomic E-state index is 0.0654. The Balaban J connectivity index is 1.64. The number of nitrogens with one attached hydrogen (secondary N) is 1. The number of alkyl halides is 2. The van der Waals surface area contributed by atoms with Crippen molar-refractivity contribution in [2.75, 3.05) is 13.2 Å². The Kier molecular flexibility index (Phi) is 8.32. The molecule has 1 unspecified atom stereocenters. The Morgan fingerprint density at radius 1 is 0.839 bits per heavy atom. The summed E-state index contributed by atoms with van der Waals surface area (Å²) in [4.78, 5) is 0. The summed E-state index contributed by atoms with van der Waals surface area (Å²) in [5, 5.41) is 13.6. The Hall–Kier alpha value is -3.03. The van der Waals surface area contributed by atoms with Crippen molar-refractivity contribution in [3.05, 3.63) is 95.8 Å². The van der Waals surface area contributed by atoms with Crippen molar-refractivity contribution in [2.24, 2.45) is 0 Å². The molecule has 0 aliphatic carbocycles. The van der Waals surface area contributed by atoms with Gasteiger partial charge in [-0.25, -0.2) is 4.39 Å². The number of ether oxygens (including phenoxy) is 2. The van der Waals surface area contributed by atoms with Gasteiger partial charge in [0.1, 0.15) is 30.0 Å². The number of aliphatic hydroxyl groups is 1. The first-order valence-electron chi connectivity index (χ1n) is 9.88. The standard InChI is InChI=1S/C24H24F3NO3/c25-19-10-6-17(7-11-19)14-23(18-8-12-22(13-9-18)31-24(26)27)28-15-20(29)16-30-21-4-2-1-3-5-21/h1-13,20,23-24,28-29H,14-16H2/t20-,23?/m0/s1. The molecule has 0 saturated heterocycles. The fraction of sp³-hybridized carbons (Fsp3) is 0.250. The number of hydrogen-bond donors (Lipinski definition) is 2. The molecule has 0 amide bonds. The minimum Gasteiger partial charge on any atom is -0.491 e. The van der Waals surface area contributed by atoms with Crippen LogP contribution in [-0.4, -0.2) is 31.0 Å². The van der Waals surface area contributed by atoms with Crippen LogP contribution < -0.4 is 14.8 Å². The molecule has 0 saturated carbocycles. The predicted molar refractivity (Wildman–Crippen MR) is 112 cm³/mol. The van der Waals surface area contributed by atoms with E-state index < -0.39 is 12.7 Å². The van der Waals surface area contributed by atoms with E-state index in [4.69, 9.17) is 4.74 Å². The monoisotopic (exact) mass is 431 g/mol. The molecule has 4 nitrogen and oxygen atoms in total. The number of benzene rings is 3. The van der Waals surface area contributed by atoms with E-state index in [2.05, 4.69) is 10.1 Å². The summed E-state index contributed by atoms with van der Waals surface area (Å²) in [7, 11) is 0. The third-order valence-electron chi connectivity index (χ3n) is 4.65.